The zero-order valence-corrected chi connectivity index (χ0v) is 10.7. The SMILES string of the molecule is C=CC(C)(C=C)CCCCCCCCC. The molecule has 0 N–H and O–H groups in total. The van der Waals surface area contributed by atoms with Crippen molar-refractivity contribution in [1.29, 1.82) is 0 Å². The lowest BCUT2D eigenvalue weighted by atomic mass is 9.85. The highest BCUT2D eigenvalue weighted by Gasteiger charge is 2.13. The molecule has 0 saturated carbocycles. The van der Waals surface area contributed by atoms with Crippen LogP contribution in [0.3, 0.4) is 0 Å². The van der Waals surface area contributed by atoms with Gasteiger partial charge in [-0.3, -0.25) is 0 Å². The van der Waals surface area contributed by atoms with E-state index in [1.165, 1.54) is 51.4 Å². The molecule has 0 aliphatic heterocycles. The molecule has 0 aliphatic carbocycles. The second-order valence-corrected chi connectivity index (χ2v) is 4.79. The molecule has 0 fully saturated rings. The van der Waals surface area contributed by atoms with Gasteiger partial charge in [0.25, 0.3) is 0 Å². The quantitative estimate of drug-likeness (QED) is 0.328. The van der Waals surface area contributed by atoms with Crippen LogP contribution in [0, 0.1) is 5.41 Å². The molecule has 0 heterocycles. The van der Waals surface area contributed by atoms with Crippen molar-refractivity contribution >= 4 is 0 Å². The molecule has 0 unspecified atom stereocenters. The third kappa shape index (κ3) is 7.41. The van der Waals surface area contributed by atoms with Gasteiger partial charge in [-0.15, -0.1) is 13.2 Å². The fraction of sp³-hybridized carbons (Fsp3) is 0.733. The van der Waals surface area contributed by atoms with Crippen LogP contribution in [0.2, 0.25) is 0 Å². The summed E-state index contributed by atoms with van der Waals surface area (Å²) in [5, 5.41) is 0. The van der Waals surface area contributed by atoms with Gasteiger partial charge in [-0.2, -0.15) is 0 Å². The van der Waals surface area contributed by atoms with Crippen molar-refractivity contribution in [2.75, 3.05) is 0 Å². The van der Waals surface area contributed by atoms with E-state index in [0.29, 0.717) is 0 Å². The fourth-order valence-corrected chi connectivity index (χ4v) is 1.75. The molecular formula is C15H28. The summed E-state index contributed by atoms with van der Waals surface area (Å²) in [5.41, 5.74) is 0.156. The Morgan fingerprint density at radius 1 is 0.867 bits per heavy atom. The van der Waals surface area contributed by atoms with Crippen LogP contribution >= 0.6 is 0 Å². The Balaban J connectivity index is 3.37. The van der Waals surface area contributed by atoms with Gasteiger partial charge in [-0.25, -0.2) is 0 Å². The molecule has 0 atom stereocenters. The summed E-state index contributed by atoms with van der Waals surface area (Å²) in [7, 11) is 0. The second-order valence-electron chi connectivity index (χ2n) is 4.79. The van der Waals surface area contributed by atoms with Gasteiger partial charge in [0.05, 0.1) is 0 Å². The van der Waals surface area contributed by atoms with Crippen molar-refractivity contribution < 1.29 is 0 Å². The van der Waals surface area contributed by atoms with Crippen LogP contribution in [-0.4, -0.2) is 0 Å². The summed E-state index contributed by atoms with van der Waals surface area (Å²) in [6, 6.07) is 0. The molecule has 0 aliphatic rings. The minimum absolute atomic E-state index is 0.156. The largest absolute Gasteiger partial charge is 0.102 e. The van der Waals surface area contributed by atoms with Gasteiger partial charge in [0.1, 0.15) is 0 Å². The third-order valence-corrected chi connectivity index (χ3v) is 3.25. The van der Waals surface area contributed by atoms with Gasteiger partial charge >= 0.3 is 0 Å². The smallest absolute Gasteiger partial charge is 0.00273 e. The van der Waals surface area contributed by atoms with Crippen LogP contribution in [0.25, 0.3) is 0 Å². The molecule has 0 aromatic heterocycles. The van der Waals surface area contributed by atoms with Crippen LogP contribution in [0.15, 0.2) is 25.3 Å². The highest BCUT2D eigenvalue weighted by molar-refractivity contribution is 5.03. The first-order chi connectivity index (χ1) is 7.18. The molecule has 0 aromatic carbocycles. The number of rotatable bonds is 10. The molecule has 15 heavy (non-hydrogen) atoms. The molecule has 0 heteroatoms. The molecule has 0 saturated heterocycles. The van der Waals surface area contributed by atoms with E-state index in [2.05, 4.69) is 27.0 Å². The predicted molar refractivity (Wildman–Crippen MR) is 71.1 cm³/mol. The maximum atomic E-state index is 3.87. The monoisotopic (exact) mass is 208 g/mol. The maximum Gasteiger partial charge on any atom is 0.00273 e. The number of unbranched alkanes of at least 4 members (excludes halogenated alkanes) is 6. The Kier molecular flexibility index (Phi) is 8.46. The molecule has 0 rings (SSSR count). The lowest BCUT2D eigenvalue weighted by Crippen LogP contribution is -2.07. The van der Waals surface area contributed by atoms with E-state index in [1.54, 1.807) is 0 Å². The minimum atomic E-state index is 0.156. The molecule has 0 nitrogen and oxygen atoms in total. The summed E-state index contributed by atoms with van der Waals surface area (Å²) in [6.07, 6.45) is 14.9. The first-order valence-electron chi connectivity index (χ1n) is 6.45. The van der Waals surface area contributed by atoms with Gasteiger partial charge < -0.3 is 0 Å². The van der Waals surface area contributed by atoms with Gasteiger partial charge in [0, 0.05) is 5.41 Å². The van der Waals surface area contributed by atoms with E-state index in [4.69, 9.17) is 0 Å². The van der Waals surface area contributed by atoms with Gasteiger partial charge in [-0.1, -0.05) is 70.9 Å². The highest BCUT2D eigenvalue weighted by Crippen LogP contribution is 2.26. The van der Waals surface area contributed by atoms with Crippen molar-refractivity contribution in [2.24, 2.45) is 5.41 Å². The maximum absolute atomic E-state index is 3.87. The van der Waals surface area contributed by atoms with E-state index >= 15 is 0 Å². The molecule has 0 bridgehead atoms. The first kappa shape index (κ1) is 14.5. The molecular weight excluding hydrogens is 180 g/mol. The van der Waals surface area contributed by atoms with Crippen LogP contribution in [0.5, 0.6) is 0 Å². The Morgan fingerprint density at radius 3 is 1.80 bits per heavy atom. The zero-order chi connectivity index (χ0) is 11.6. The summed E-state index contributed by atoms with van der Waals surface area (Å²) in [6.45, 7) is 12.2. The first-order valence-corrected chi connectivity index (χ1v) is 6.45. The molecule has 88 valence electrons. The standard InChI is InChI=1S/C15H28/c1-5-8-9-10-11-12-13-14-15(4,6-2)7-3/h6-7H,2-3,5,8-14H2,1,4H3. The number of allylic oxidation sites excluding steroid dienone is 2. The van der Waals surface area contributed by atoms with E-state index < -0.39 is 0 Å². The van der Waals surface area contributed by atoms with E-state index in [-0.39, 0.29) is 5.41 Å². The lowest BCUT2D eigenvalue weighted by Gasteiger charge is -2.20. The van der Waals surface area contributed by atoms with Crippen molar-refractivity contribution in [3.8, 4) is 0 Å². The van der Waals surface area contributed by atoms with Crippen molar-refractivity contribution in [3.05, 3.63) is 25.3 Å². The second kappa shape index (κ2) is 8.76. The van der Waals surface area contributed by atoms with E-state index in [0.717, 1.165) is 0 Å². The van der Waals surface area contributed by atoms with Crippen LogP contribution in [0.4, 0.5) is 0 Å². The van der Waals surface area contributed by atoms with E-state index in [1.807, 2.05) is 12.2 Å². The van der Waals surface area contributed by atoms with Gasteiger partial charge in [0.15, 0.2) is 0 Å². The molecule has 0 radical (unpaired) electrons. The minimum Gasteiger partial charge on any atom is -0.102 e. The van der Waals surface area contributed by atoms with Crippen LogP contribution in [-0.2, 0) is 0 Å². The summed E-state index contributed by atoms with van der Waals surface area (Å²) in [5.74, 6) is 0. The van der Waals surface area contributed by atoms with Crippen molar-refractivity contribution in [2.45, 2.75) is 65.2 Å². The Hall–Kier alpha value is -0.520. The van der Waals surface area contributed by atoms with Gasteiger partial charge in [0.2, 0.25) is 0 Å². The third-order valence-electron chi connectivity index (χ3n) is 3.25. The Morgan fingerprint density at radius 2 is 1.33 bits per heavy atom. The highest BCUT2D eigenvalue weighted by atomic mass is 14.2. The molecule has 0 spiro atoms. The van der Waals surface area contributed by atoms with Crippen LogP contribution in [0.1, 0.15) is 65.2 Å². The average Bonchev–Trinajstić information content (AvgIpc) is 2.27. The molecule has 0 amide bonds. The topological polar surface area (TPSA) is 0 Å². The van der Waals surface area contributed by atoms with Gasteiger partial charge in [-0.05, 0) is 6.42 Å². The Bertz CT molecular complexity index is 159. The normalized spacial score (nSPS) is 11.3. The molecule has 0 aromatic rings. The summed E-state index contributed by atoms with van der Waals surface area (Å²) in [4.78, 5) is 0. The van der Waals surface area contributed by atoms with Crippen molar-refractivity contribution in [1.82, 2.24) is 0 Å². The Labute approximate surface area is 96.5 Å². The number of hydrogen-bond donors (Lipinski definition) is 0. The summed E-state index contributed by atoms with van der Waals surface area (Å²) < 4.78 is 0. The predicted octanol–water partition coefficient (Wildman–Crippen LogP) is 5.51. The fourth-order valence-electron chi connectivity index (χ4n) is 1.75. The van der Waals surface area contributed by atoms with Crippen molar-refractivity contribution in [3.63, 3.8) is 0 Å². The summed E-state index contributed by atoms with van der Waals surface area (Å²) >= 11 is 0. The number of hydrogen-bond acceptors (Lipinski definition) is 0. The average molecular weight is 208 g/mol. The van der Waals surface area contributed by atoms with E-state index in [9.17, 15) is 0 Å². The lowest BCUT2D eigenvalue weighted by molar-refractivity contribution is 0.456. The van der Waals surface area contributed by atoms with Crippen LogP contribution < -0.4 is 0 Å². The zero-order valence-electron chi connectivity index (χ0n) is 10.7.